The second-order valence-corrected chi connectivity index (χ2v) is 4.76. The van der Waals surface area contributed by atoms with E-state index >= 15 is 0 Å². The van der Waals surface area contributed by atoms with Crippen molar-refractivity contribution in [3.8, 4) is 11.8 Å². The fourth-order valence-corrected chi connectivity index (χ4v) is 2.43. The molecule has 0 radical (unpaired) electrons. The summed E-state index contributed by atoms with van der Waals surface area (Å²) in [6.45, 7) is 4.86. The summed E-state index contributed by atoms with van der Waals surface area (Å²) >= 11 is 0. The van der Waals surface area contributed by atoms with Crippen molar-refractivity contribution in [1.29, 1.82) is 0 Å². The SMILES string of the molecule is CC#CCNC(C)c1ccc2c(c1)CCCC2. The highest BCUT2D eigenvalue weighted by Crippen LogP contribution is 2.24. The third-order valence-corrected chi connectivity index (χ3v) is 3.55. The van der Waals surface area contributed by atoms with E-state index < -0.39 is 0 Å². The Bertz CT molecular complexity index is 437. The first kappa shape index (κ1) is 12.2. The molecule has 17 heavy (non-hydrogen) atoms. The number of fused-ring (bicyclic) bond motifs is 1. The van der Waals surface area contributed by atoms with Crippen LogP contribution in [0.1, 0.15) is 49.4 Å². The minimum absolute atomic E-state index is 0.392. The molecule has 0 amide bonds. The van der Waals surface area contributed by atoms with Gasteiger partial charge in [-0.2, -0.15) is 0 Å². The average Bonchev–Trinajstić information content (AvgIpc) is 2.38. The molecular formula is C16H21N. The molecule has 0 spiro atoms. The summed E-state index contributed by atoms with van der Waals surface area (Å²) in [5.41, 5.74) is 4.51. The summed E-state index contributed by atoms with van der Waals surface area (Å²) < 4.78 is 0. The van der Waals surface area contributed by atoms with Crippen molar-refractivity contribution in [2.45, 2.75) is 45.6 Å². The van der Waals surface area contributed by atoms with Gasteiger partial charge < -0.3 is 0 Å². The van der Waals surface area contributed by atoms with Crippen molar-refractivity contribution in [2.24, 2.45) is 0 Å². The van der Waals surface area contributed by atoms with Gasteiger partial charge in [-0.05, 0) is 56.2 Å². The Morgan fingerprint density at radius 2 is 2.00 bits per heavy atom. The fourth-order valence-electron chi connectivity index (χ4n) is 2.43. The van der Waals surface area contributed by atoms with Crippen LogP contribution in [0.5, 0.6) is 0 Å². The third-order valence-electron chi connectivity index (χ3n) is 3.55. The number of nitrogens with one attached hydrogen (secondary N) is 1. The summed E-state index contributed by atoms with van der Waals surface area (Å²) in [4.78, 5) is 0. The Morgan fingerprint density at radius 1 is 1.24 bits per heavy atom. The number of aryl methyl sites for hydroxylation is 2. The Labute approximate surface area is 105 Å². The van der Waals surface area contributed by atoms with Crippen molar-refractivity contribution in [2.75, 3.05) is 6.54 Å². The summed E-state index contributed by atoms with van der Waals surface area (Å²) in [5.74, 6) is 5.96. The van der Waals surface area contributed by atoms with E-state index in [4.69, 9.17) is 0 Å². The lowest BCUT2D eigenvalue weighted by molar-refractivity contribution is 0.618. The molecule has 0 bridgehead atoms. The summed E-state index contributed by atoms with van der Waals surface area (Å²) in [6.07, 6.45) is 5.22. The molecule has 0 fully saturated rings. The molecule has 1 atom stereocenters. The quantitative estimate of drug-likeness (QED) is 0.782. The second-order valence-electron chi connectivity index (χ2n) is 4.76. The normalized spacial score (nSPS) is 15.6. The van der Waals surface area contributed by atoms with Crippen LogP contribution in [-0.4, -0.2) is 6.54 Å². The van der Waals surface area contributed by atoms with Crippen molar-refractivity contribution < 1.29 is 0 Å². The smallest absolute Gasteiger partial charge is 0.0581 e. The zero-order valence-corrected chi connectivity index (χ0v) is 10.8. The second kappa shape index (κ2) is 5.89. The standard InChI is InChI=1S/C16H21N/c1-3-4-11-17-13(2)15-10-9-14-7-5-6-8-16(14)12-15/h9-10,12-13,17H,5-8,11H2,1-2H3. The van der Waals surface area contributed by atoms with Crippen LogP contribution in [0.15, 0.2) is 18.2 Å². The van der Waals surface area contributed by atoms with Gasteiger partial charge in [-0.15, -0.1) is 5.92 Å². The maximum absolute atomic E-state index is 3.43. The van der Waals surface area contributed by atoms with E-state index in [0.29, 0.717) is 6.04 Å². The van der Waals surface area contributed by atoms with Gasteiger partial charge in [-0.25, -0.2) is 0 Å². The van der Waals surface area contributed by atoms with E-state index in [1.807, 2.05) is 6.92 Å². The molecule has 1 N–H and O–H groups in total. The molecule has 1 aromatic rings. The zero-order chi connectivity index (χ0) is 12.1. The van der Waals surface area contributed by atoms with E-state index in [1.54, 1.807) is 11.1 Å². The lowest BCUT2D eigenvalue weighted by Gasteiger charge is -2.19. The zero-order valence-electron chi connectivity index (χ0n) is 10.8. The number of hydrogen-bond donors (Lipinski definition) is 1. The van der Waals surface area contributed by atoms with E-state index in [2.05, 4.69) is 42.3 Å². The predicted octanol–water partition coefficient (Wildman–Crippen LogP) is 3.24. The van der Waals surface area contributed by atoms with Gasteiger partial charge in [0, 0.05) is 6.04 Å². The van der Waals surface area contributed by atoms with Gasteiger partial charge in [0.15, 0.2) is 0 Å². The van der Waals surface area contributed by atoms with Gasteiger partial charge in [-0.3, -0.25) is 5.32 Å². The van der Waals surface area contributed by atoms with Crippen LogP contribution in [0.3, 0.4) is 0 Å². The van der Waals surface area contributed by atoms with E-state index in [9.17, 15) is 0 Å². The molecule has 0 saturated carbocycles. The Morgan fingerprint density at radius 3 is 2.76 bits per heavy atom. The molecule has 1 heteroatoms. The summed E-state index contributed by atoms with van der Waals surface area (Å²) in [5, 5.41) is 3.43. The minimum atomic E-state index is 0.392. The minimum Gasteiger partial charge on any atom is -0.300 e. The predicted molar refractivity (Wildman–Crippen MR) is 73.0 cm³/mol. The van der Waals surface area contributed by atoms with Crippen LogP contribution in [0.25, 0.3) is 0 Å². The van der Waals surface area contributed by atoms with E-state index in [0.717, 1.165) is 6.54 Å². The summed E-state index contributed by atoms with van der Waals surface area (Å²) in [6, 6.07) is 7.35. The van der Waals surface area contributed by atoms with Crippen LogP contribution in [-0.2, 0) is 12.8 Å². The molecule has 1 aliphatic carbocycles. The highest BCUT2D eigenvalue weighted by molar-refractivity contribution is 5.35. The van der Waals surface area contributed by atoms with Gasteiger partial charge in [0.1, 0.15) is 0 Å². The molecule has 1 unspecified atom stereocenters. The summed E-state index contributed by atoms with van der Waals surface area (Å²) in [7, 11) is 0. The molecule has 1 aromatic carbocycles. The van der Waals surface area contributed by atoms with Gasteiger partial charge >= 0.3 is 0 Å². The van der Waals surface area contributed by atoms with Crippen LogP contribution >= 0.6 is 0 Å². The third kappa shape index (κ3) is 3.11. The maximum Gasteiger partial charge on any atom is 0.0581 e. The van der Waals surface area contributed by atoms with Crippen LogP contribution < -0.4 is 5.32 Å². The first-order valence-electron chi connectivity index (χ1n) is 6.56. The van der Waals surface area contributed by atoms with Crippen molar-refractivity contribution in [1.82, 2.24) is 5.32 Å². The first-order chi connectivity index (χ1) is 8.31. The van der Waals surface area contributed by atoms with E-state index in [1.165, 1.54) is 31.2 Å². The Balaban J connectivity index is 2.07. The van der Waals surface area contributed by atoms with Gasteiger partial charge in [0.2, 0.25) is 0 Å². The lowest BCUT2D eigenvalue weighted by Crippen LogP contribution is -2.19. The van der Waals surface area contributed by atoms with Crippen LogP contribution in [0.2, 0.25) is 0 Å². The number of rotatable bonds is 3. The molecular weight excluding hydrogens is 206 g/mol. The lowest BCUT2D eigenvalue weighted by atomic mass is 9.89. The van der Waals surface area contributed by atoms with Crippen molar-refractivity contribution in [3.05, 3.63) is 34.9 Å². The van der Waals surface area contributed by atoms with Crippen molar-refractivity contribution in [3.63, 3.8) is 0 Å². The number of hydrogen-bond acceptors (Lipinski definition) is 1. The van der Waals surface area contributed by atoms with Crippen molar-refractivity contribution >= 4 is 0 Å². The molecule has 0 saturated heterocycles. The largest absolute Gasteiger partial charge is 0.300 e. The monoisotopic (exact) mass is 227 g/mol. The fraction of sp³-hybridized carbons (Fsp3) is 0.500. The Kier molecular flexibility index (Phi) is 4.23. The van der Waals surface area contributed by atoms with Gasteiger partial charge in [0.25, 0.3) is 0 Å². The molecule has 1 aliphatic rings. The average molecular weight is 227 g/mol. The highest BCUT2D eigenvalue weighted by Gasteiger charge is 2.11. The molecule has 0 heterocycles. The highest BCUT2D eigenvalue weighted by atomic mass is 14.9. The van der Waals surface area contributed by atoms with E-state index in [-0.39, 0.29) is 0 Å². The van der Waals surface area contributed by atoms with Crippen LogP contribution in [0, 0.1) is 11.8 Å². The van der Waals surface area contributed by atoms with Crippen LogP contribution in [0.4, 0.5) is 0 Å². The molecule has 0 aliphatic heterocycles. The Hall–Kier alpha value is -1.26. The van der Waals surface area contributed by atoms with Gasteiger partial charge in [-0.1, -0.05) is 24.1 Å². The topological polar surface area (TPSA) is 12.0 Å². The first-order valence-corrected chi connectivity index (χ1v) is 6.56. The molecule has 0 aromatic heterocycles. The molecule has 90 valence electrons. The molecule has 2 rings (SSSR count). The maximum atomic E-state index is 3.43. The number of benzene rings is 1. The van der Waals surface area contributed by atoms with Gasteiger partial charge in [0.05, 0.1) is 6.54 Å². The molecule has 1 nitrogen and oxygen atoms in total.